The smallest absolute Gasteiger partial charge is 0.305 e. The van der Waals surface area contributed by atoms with Gasteiger partial charge in [-0.25, -0.2) is 0 Å². The molecule has 4 nitrogen and oxygen atoms in total. The second-order valence-corrected chi connectivity index (χ2v) is 7.13. The standard InChI is InChI=1S/C24H31NO3/c1-4-28-23(26)16-10-11-19(2)24(27)25(3)18-17-21-14-8-9-15-22(21)20-12-6-5-7-13-20/h5-9,12-15,19H,4,10-11,16-18H2,1-3H3. The molecule has 0 aliphatic rings. The quantitative estimate of drug-likeness (QED) is 0.559. The first-order chi connectivity index (χ1) is 13.5. The van der Waals surface area contributed by atoms with Crippen LogP contribution in [0.1, 0.15) is 38.7 Å². The van der Waals surface area contributed by atoms with E-state index in [1.54, 1.807) is 11.8 Å². The lowest BCUT2D eigenvalue weighted by molar-refractivity contribution is -0.143. The summed E-state index contributed by atoms with van der Waals surface area (Å²) >= 11 is 0. The number of hydrogen-bond acceptors (Lipinski definition) is 3. The van der Waals surface area contributed by atoms with Crippen LogP contribution < -0.4 is 0 Å². The van der Waals surface area contributed by atoms with Crippen molar-refractivity contribution in [3.05, 3.63) is 60.2 Å². The number of benzene rings is 2. The third-order valence-corrected chi connectivity index (χ3v) is 4.94. The average molecular weight is 382 g/mol. The van der Waals surface area contributed by atoms with Crippen LogP contribution in [0.2, 0.25) is 0 Å². The molecule has 0 spiro atoms. The summed E-state index contributed by atoms with van der Waals surface area (Å²) in [7, 11) is 1.86. The minimum Gasteiger partial charge on any atom is -0.466 e. The molecule has 1 unspecified atom stereocenters. The van der Waals surface area contributed by atoms with Gasteiger partial charge in [0.25, 0.3) is 0 Å². The van der Waals surface area contributed by atoms with Crippen LogP contribution in [-0.4, -0.2) is 37.0 Å². The van der Waals surface area contributed by atoms with E-state index in [9.17, 15) is 9.59 Å². The molecule has 0 radical (unpaired) electrons. The molecule has 4 heteroatoms. The molecule has 1 atom stereocenters. The van der Waals surface area contributed by atoms with E-state index >= 15 is 0 Å². The van der Waals surface area contributed by atoms with Crippen molar-refractivity contribution in [3.8, 4) is 11.1 Å². The van der Waals surface area contributed by atoms with Crippen molar-refractivity contribution >= 4 is 11.9 Å². The van der Waals surface area contributed by atoms with Crippen molar-refractivity contribution in [2.24, 2.45) is 5.92 Å². The second kappa shape index (κ2) is 11.3. The minimum absolute atomic E-state index is 0.0937. The predicted octanol–water partition coefficient (Wildman–Crippen LogP) is 4.72. The van der Waals surface area contributed by atoms with Crippen molar-refractivity contribution in [1.82, 2.24) is 4.90 Å². The average Bonchev–Trinajstić information content (AvgIpc) is 2.72. The van der Waals surface area contributed by atoms with Crippen molar-refractivity contribution in [3.63, 3.8) is 0 Å². The van der Waals surface area contributed by atoms with Gasteiger partial charge in [0.2, 0.25) is 5.91 Å². The summed E-state index contributed by atoms with van der Waals surface area (Å²) in [5.41, 5.74) is 3.65. The normalized spacial score (nSPS) is 11.7. The van der Waals surface area contributed by atoms with E-state index < -0.39 is 0 Å². The maximum atomic E-state index is 12.6. The monoisotopic (exact) mass is 381 g/mol. The molecule has 0 N–H and O–H groups in total. The van der Waals surface area contributed by atoms with Gasteiger partial charge in [0.05, 0.1) is 6.61 Å². The number of rotatable bonds is 10. The number of amides is 1. The largest absolute Gasteiger partial charge is 0.466 e. The molecule has 1 amide bonds. The van der Waals surface area contributed by atoms with Crippen LogP contribution in [0.4, 0.5) is 0 Å². The Bertz CT molecular complexity index is 757. The van der Waals surface area contributed by atoms with Gasteiger partial charge in [-0.1, -0.05) is 61.5 Å². The van der Waals surface area contributed by atoms with Crippen LogP contribution in [0, 0.1) is 5.92 Å². The van der Waals surface area contributed by atoms with E-state index in [0.29, 0.717) is 32.4 Å². The summed E-state index contributed by atoms with van der Waals surface area (Å²) in [5.74, 6) is -0.155. The number of carbonyl (C=O) groups is 2. The van der Waals surface area contributed by atoms with Gasteiger partial charge < -0.3 is 9.64 Å². The Kier molecular flexibility index (Phi) is 8.73. The van der Waals surface area contributed by atoms with Crippen molar-refractivity contribution in [2.45, 2.75) is 39.5 Å². The maximum Gasteiger partial charge on any atom is 0.305 e. The molecule has 2 aromatic rings. The van der Waals surface area contributed by atoms with Gasteiger partial charge in [0.15, 0.2) is 0 Å². The highest BCUT2D eigenvalue weighted by Gasteiger charge is 2.18. The SMILES string of the molecule is CCOC(=O)CCCC(C)C(=O)N(C)CCc1ccccc1-c1ccccc1. The van der Waals surface area contributed by atoms with Crippen molar-refractivity contribution < 1.29 is 14.3 Å². The second-order valence-electron chi connectivity index (χ2n) is 7.13. The van der Waals surface area contributed by atoms with E-state index in [-0.39, 0.29) is 17.8 Å². The molecule has 0 heterocycles. The van der Waals surface area contributed by atoms with Crippen LogP contribution in [0.15, 0.2) is 54.6 Å². The zero-order valence-electron chi connectivity index (χ0n) is 17.2. The lowest BCUT2D eigenvalue weighted by Crippen LogP contribution is -2.33. The molecule has 2 rings (SSSR count). The maximum absolute atomic E-state index is 12.6. The zero-order chi connectivity index (χ0) is 20.4. The van der Waals surface area contributed by atoms with Crippen molar-refractivity contribution in [1.29, 1.82) is 0 Å². The Labute approximate surface area is 168 Å². The van der Waals surface area contributed by atoms with E-state index in [1.165, 1.54) is 16.7 Å². The third kappa shape index (κ3) is 6.52. The summed E-state index contributed by atoms with van der Waals surface area (Å²) in [5, 5.41) is 0. The minimum atomic E-state index is -0.187. The van der Waals surface area contributed by atoms with Crippen LogP contribution in [0.25, 0.3) is 11.1 Å². The Balaban J connectivity index is 1.87. The van der Waals surface area contributed by atoms with Crippen LogP contribution in [-0.2, 0) is 20.7 Å². The molecule has 0 aliphatic heterocycles. The summed E-state index contributed by atoms with van der Waals surface area (Å²) in [6.07, 6.45) is 2.56. The molecule has 0 fully saturated rings. The van der Waals surface area contributed by atoms with Gasteiger partial charge in [0, 0.05) is 25.9 Å². The predicted molar refractivity (Wildman–Crippen MR) is 113 cm³/mol. The van der Waals surface area contributed by atoms with Gasteiger partial charge in [-0.2, -0.15) is 0 Å². The Morgan fingerprint density at radius 3 is 2.43 bits per heavy atom. The number of carbonyl (C=O) groups excluding carboxylic acids is 2. The molecular formula is C24H31NO3. The van der Waals surface area contributed by atoms with E-state index in [2.05, 4.69) is 24.3 Å². The van der Waals surface area contributed by atoms with Crippen molar-refractivity contribution in [2.75, 3.05) is 20.2 Å². The summed E-state index contributed by atoms with van der Waals surface area (Å²) in [4.78, 5) is 25.9. The first kappa shape index (κ1) is 21.7. The Morgan fingerprint density at radius 2 is 1.71 bits per heavy atom. The fraction of sp³-hybridized carbons (Fsp3) is 0.417. The molecule has 0 bridgehead atoms. The van der Waals surface area contributed by atoms with E-state index in [4.69, 9.17) is 4.74 Å². The molecule has 0 saturated heterocycles. The van der Waals surface area contributed by atoms with Crippen LogP contribution in [0.3, 0.4) is 0 Å². The van der Waals surface area contributed by atoms with Gasteiger partial charge in [-0.05, 0) is 42.9 Å². The van der Waals surface area contributed by atoms with E-state index in [0.717, 1.165) is 6.42 Å². The first-order valence-corrected chi connectivity index (χ1v) is 10.1. The topological polar surface area (TPSA) is 46.6 Å². The Hall–Kier alpha value is -2.62. The molecular weight excluding hydrogens is 350 g/mol. The molecule has 150 valence electrons. The summed E-state index contributed by atoms with van der Waals surface area (Å²) in [6.45, 7) is 4.81. The highest BCUT2D eigenvalue weighted by molar-refractivity contribution is 5.78. The molecule has 28 heavy (non-hydrogen) atoms. The third-order valence-electron chi connectivity index (χ3n) is 4.94. The van der Waals surface area contributed by atoms with Gasteiger partial charge >= 0.3 is 5.97 Å². The highest BCUT2D eigenvalue weighted by atomic mass is 16.5. The van der Waals surface area contributed by atoms with Gasteiger partial charge in [-0.15, -0.1) is 0 Å². The lowest BCUT2D eigenvalue weighted by atomic mass is 9.97. The zero-order valence-corrected chi connectivity index (χ0v) is 17.2. The molecule has 0 aromatic heterocycles. The molecule has 2 aromatic carbocycles. The number of esters is 1. The Morgan fingerprint density at radius 1 is 1.04 bits per heavy atom. The lowest BCUT2D eigenvalue weighted by Gasteiger charge is -2.22. The van der Waals surface area contributed by atoms with Crippen LogP contribution in [0.5, 0.6) is 0 Å². The highest BCUT2D eigenvalue weighted by Crippen LogP contribution is 2.24. The first-order valence-electron chi connectivity index (χ1n) is 10.1. The van der Waals surface area contributed by atoms with Gasteiger partial charge in [0.1, 0.15) is 0 Å². The fourth-order valence-corrected chi connectivity index (χ4v) is 3.32. The molecule has 0 saturated carbocycles. The van der Waals surface area contributed by atoms with Gasteiger partial charge in [-0.3, -0.25) is 9.59 Å². The van der Waals surface area contributed by atoms with E-state index in [1.807, 2.05) is 44.3 Å². The number of ether oxygens (including phenoxy) is 1. The fourth-order valence-electron chi connectivity index (χ4n) is 3.32. The number of hydrogen-bond donors (Lipinski definition) is 0. The molecule has 0 aliphatic carbocycles. The summed E-state index contributed by atoms with van der Waals surface area (Å²) < 4.78 is 4.93. The number of likely N-dealkylation sites (N-methyl/N-ethyl adjacent to an activating group) is 1. The number of nitrogens with zero attached hydrogens (tertiary/aromatic N) is 1. The van der Waals surface area contributed by atoms with Crippen LogP contribution >= 0.6 is 0 Å². The summed E-state index contributed by atoms with van der Waals surface area (Å²) in [6, 6.07) is 18.7.